The Morgan fingerprint density at radius 1 is 0.312 bits per heavy atom. The molecule has 0 aliphatic carbocycles. The molecule has 0 fully saturated rings. The molecule has 3 heterocycles. The molecule has 3 aromatic heterocycles. The Labute approximate surface area is 444 Å². The average molecular weight is 1090 g/mol. The number of alkyl halides is 12. The molecule has 80 heavy (non-hydrogen) atoms. The number of benzene rings is 9. The first-order chi connectivity index (χ1) is 38.1. The topological polar surface area (TPSA) is 72.3 Å². The van der Waals surface area contributed by atoms with Crippen LogP contribution >= 0.6 is 0 Å². The SMILES string of the molecule is N#Cc1cc(-n2c3ccccc3c3cc(-c4cc(C(F)(F)F)cc(C(F)(F)F)c4)ccc32)c(-n2c3ccccc3c3cc(-c4cc(C(F)(F)F)cc(C(F)(F)F)c4)ccc32)cc1-c1nc(-c2ccccc2)nc(-c2ccccc2)n1. The van der Waals surface area contributed by atoms with Crippen molar-refractivity contribution in [3.8, 4) is 73.9 Å². The summed E-state index contributed by atoms with van der Waals surface area (Å²) in [6.07, 6.45) is -20.5. The van der Waals surface area contributed by atoms with Crippen molar-refractivity contribution >= 4 is 43.6 Å². The van der Waals surface area contributed by atoms with Crippen molar-refractivity contribution in [3.63, 3.8) is 0 Å². The summed E-state index contributed by atoms with van der Waals surface area (Å²) in [5, 5.41) is 13.1. The van der Waals surface area contributed by atoms with Crippen molar-refractivity contribution < 1.29 is 52.7 Å². The van der Waals surface area contributed by atoms with Gasteiger partial charge < -0.3 is 9.13 Å². The molecule has 18 heteroatoms. The highest BCUT2D eigenvalue weighted by molar-refractivity contribution is 6.13. The standard InChI is InChI=1S/C62H32F12N6/c63-59(64,65)41-23-38(24-42(30-41)60(66,67)68)36-19-21-52-48(27-36)45-15-7-9-17-50(45)79(52)54-29-40(33-75)47(58-77-56(34-11-3-1-4-12-34)76-57(78-58)35-13-5-2-6-14-35)32-55(54)80-51-18-10-8-16-46(51)49-28-37(20-22-53(49)80)39-25-43(61(69,70)71)31-44(26-39)62(72,73)74/h1-32H. The number of aromatic nitrogens is 5. The Kier molecular flexibility index (Phi) is 11.9. The van der Waals surface area contributed by atoms with Gasteiger partial charge in [0.05, 0.1) is 67.3 Å². The molecule has 0 bridgehead atoms. The fraction of sp³-hybridized carbons (Fsp3) is 0.0645. The molecule has 9 aromatic carbocycles. The summed E-state index contributed by atoms with van der Waals surface area (Å²) in [5.74, 6) is 0.595. The number of fused-ring (bicyclic) bond motifs is 6. The number of halogens is 12. The Morgan fingerprint density at radius 3 is 1.05 bits per heavy atom. The van der Waals surface area contributed by atoms with Gasteiger partial charge >= 0.3 is 24.7 Å². The summed E-state index contributed by atoms with van der Waals surface area (Å²) >= 11 is 0. The summed E-state index contributed by atoms with van der Waals surface area (Å²) in [4.78, 5) is 14.7. The smallest absolute Gasteiger partial charge is 0.307 e. The van der Waals surface area contributed by atoms with Crippen molar-refractivity contribution in [2.24, 2.45) is 0 Å². The zero-order valence-electron chi connectivity index (χ0n) is 40.7. The lowest BCUT2D eigenvalue weighted by Gasteiger charge is -2.19. The lowest BCUT2D eigenvalue weighted by molar-refractivity contribution is -0.144. The van der Waals surface area contributed by atoms with E-state index in [1.165, 1.54) is 24.3 Å². The van der Waals surface area contributed by atoms with E-state index in [0.29, 0.717) is 90.4 Å². The molecule has 0 aliphatic rings. The van der Waals surface area contributed by atoms with Gasteiger partial charge in [-0.2, -0.15) is 57.9 Å². The van der Waals surface area contributed by atoms with Crippen molar-refractivity contribution in [3.05, 3.63) is 222 Å². The number of hydrogen-bond donors (Lipinski definition) is 0. The quantitative estimate of drug-likeness (QED) is 0.149. The van der Waals surface area contributed by atoms with Crippen molar-refractivity contribution in [1.82, 2.24) is 24.1 Å². The summed E-state index contributed by atoms with van der Waals surface area (Å²) in [6, 6.07) is 49.1. The lowest BCUT2D eigenvalue weighted by atomic mass is 9.97. The van der Waals surface area contributed by atoms with Gasteiger partial charge in [0.15, 0.2) is 17.5 Å². The molecular weight excluding hydrogens is 1060 g/mol. The Hall–Kier alpha value is -9.76. The van der Waals surface area contributed by atoms with Crippen LogP contribution in [-0.2, 0) is 24.7 Å². The predicted molar refractivity (Wildman–Crippen MR) is 280 cm³/mol. The summed E-state index contributed by atoms with van der Waals surface area (Å²) in [7, 11) is 0. The van der Waals surface area contributed by atoms with E-state index >= 15 is 0 Å². The maximum Gasteiger partial charge on any atom is 0.416 e. The van der Waals surface area contributed by atoms with E-state index < -0.39 is 47.0 Å². The second-order valence-electron chi connectivity index (χ2n) is 18.8. The maximum atomic E-state index is 14.2. The highest BCUT2D eigenvalue weighted by Crippen LogP contribution is 2.46. The highest BCUT2D eigenvalue weighted by Gasteiger charge is 2.39. The minimum absolute atomic E-state index is 0.0323. The van der Waals surface area contributed by atoms with E-state index in [-0.39, 0.29) is 63.0 Å². The summed E-state index contributed by atoms with van der Waals surface area (Å²) in [5.41, 5.74) is -2.69. The van der Waals surface area contributed by atoms with Crippen molar-refractivity contribution in [2.45, 2.75) is 24.7 Å². The van der Waals surface area contributed by atoms with Crippen molar-refractivity contribution in [1.29, 1.82) is 5.26 Å². The molecule has 0 radical (unpaired) electrons. The van der Waals surface area contributed by atoms with Gasteiger partial charge in [-0.1, -0.05) is 109 Å². The molecule has 6 nitrogen and oxygen atoms in total. The van der Waals surface area contributed by atoms with Crippen LogP contribution in [0.1, 0.15) is 27.8 Å². The normalized spacial score (nSPS) is 12.5. The van der Waals surface area contributed by atoms with Gasteiger partial charge in [0.25, 0.3) is 0 Å². The zero-order chi connectivity index (χ0) is 56.0. The monoisotopic (exact) mass is 1090 g/mol. The van der Waals surface area contributed by atoms with Crippen LogP contribution in [0.3, 0.4) is 0 Å². The predicted octanol–water partition coefficient (Wildman–Crippen LogP) is 18.3. The third kappa shape index (κ3) is 9.09. The summed E-state index contributed by atoms with van der Waals surface area (Å²) in [6.45, 7) is 0. The summed E-state index contributed by atoms with van der Waals surface area (Å²) < 4.78 is 174. The van der Waals surface area contributed by atoms with Gasteiger partial charge in [0, 0.05) is 38.2 Å². The molecule has 0 N–H and O–H groups in total. The number of nitriles is 1. The average Bonchev–Trinajstić information content (AvgIpc) is 4.20. The van der Waals surface area contributed by atoms with Crippen LogP contribution in [0.2, 0.25) is 0 Å². The number of nitrogens with zero attached hydrogens (tertiary/aromatic N) is 6. The highest BCUT2D eigenvalue weighted by atomic mass is 19.4. The Balaban J connectivity index is 1.16. The van der Waals surface area contributed by atoms with Crippen LogP contribution in [0.15, 0.2) is 194 Å². The third-order valence-corrected chi connectivity index (χ3v) is 13.8. The van der Waals surface area contributed by atoms with Gasteiger partial charge in [0.2, 0.25) is 0 Å². The molecule has 0 spiro atoms. The second-order valence-corrected chi connectivity index (χ2v) is 18.8. The molecular formula is C62H32F12N6. The van der Waals surface area contributed by atoms with E-state index in [0.717, 1.165) is 0 Å². The first-order valence-electron chi connectivity index (χ1n) is 24.2. The van der Waals surface area contributed by atoms with Crippen LogP contribution in [-0.4, -0.2) is 24.1 Å². The number of hydrogen-bond acceptors (Lipinski definition) is 4. The minimum atomic E-state index is -5.12. The first-order valence-corrected chi connectivity index (χ1v) is 24.2. The second kappa shape index (κ2) is 18.7. The molecule has 12 aromatic rings. The van der Waals surface area contributed by atoms with Gasteiger partial charge in [-0.05, 0) is 107 Å². The Bertz CT molecular complexity index is 4370. The number of rotatable bonds is 7. The fourth-order valence-electron chi connectivity index (χ4n) is 10.2. The van der Waals surface area contributed by atoms with Crippen LogP contribution in [0, 0.1) is 11.3 Å². The molecule has 0 atom stereocenters. The maximum absolute atomic E-state index is 14.2. The van der Waals surface area contributed by atoms with Gasteiger partial charge in [0.1, 0.15) is 0 Å². The zero-order valence-corrected chi connectivity index (χ0v) is 40.7. The molecule has 394 valence electrons. The van der Waals surface area contributed by atoms with E-state index in [2.05, 4.69) is 6.07 Å². The largest absolute Gasteiger partial charge is 0.416 e. The molecule has 12 rings (SSSR count). The van der Waals surface area contributed by atoms with Crippen LogP contribution in [0.4, 0.5) is 52.7 Å². The van der Waals surface area contributed by atoms with Gasteiger partial charge in [-0.15, -0.1) is 0 Å². The van der Waals surface area contributed by atoms with E-state index in [1.807, 2.05) is 16.7 Å². The molecule has 0 aliphatic heterocycles. The van der Waals surface area contributed by atoms with E-state index in [1.54, 1.807) is 126 Å². The molecule has 0 saturated heterocycles. The van der Waals surface area contributed by atoms with Gasteiger partial charge in [-0.3, -0.25) is 0 Å². The van der Waals surface area contributed by atoms with Crippen LogP contribution in [0.25, 0.3) is 111 Å². The van der Waals surface area contributed by atoms with Crippen LogP contribution < -0.4 is 0 Å². The molecule has 0 saturated carbocycles. The Morgan fingerprint density at radius 2 is 0.662 bits per heavy atom. The minimum Gasteiger partial charge on any atom is -0.307 e. The molecule has 0 unspecified atom stereocenters. The van der Waals surface area contributed by atoms with E-state index in [9.17, 15) is 57.9 Å². The lowest BCUT2D eigenvalue weighted by Crippen LogP contribution is -2.11. The van der Waals surface area contributed by atoms with Gasteiger partial charge in [-0.25, -0.2) is 15.0 Å². The third-order valence-electron chi connectivity index (χ3n) is 13.8. The first kappa shape index (κ1) is 51.0. The number of para-hydroxylation sites is 2. The van der Waals surface area contributed by atoms with Crippen LogP contribution in [0.5, 0.6) is 0 Å². The van der Waals surface area contributed by atoms with E-state index in [4.69, 9.17) is 15.0 Å². The van der Waals surface area contributed by atoms with Crippen molar-refractivity contribution in [2.75, 3.05) is 0 Å². The molecule has 0 amide bonds. The fourth-order valence-corrected chi connectivity index (χ4v) is 10.2.